The third-order valence-electron chi connectivity index (χ3n) is 2.76. The van der Waals surface area contributed by atoms with Gasteiger partial charge in [-0.05, 0) is 36.8 Å². The molecule has 2 aromatic rings. The number of anilines is 1. The fourth-order valence-electron chi connectivity index (χ4n) is 1.80. The zero-order valence-corrected chi connectivity index (χ0v) is 12.4. The van der Waals surface area contributed by atoms with Crippen LogP contribution in [0.4, 0.5) is 5.82 Å². The number of hydrogen-bond acceptors (Lipinski definition) is 4. The monoisotopic (exact) mass is 326 g/mol. The lowest BCUT2D eigenvalue weighted by molar-refractivity contribution is 0.0696. The highest BCUT2D eigenvalue weighted by atomic mass is 35.5. The maximum absolute atomic E-state index is 12.3. The molecule has 0 amide bonds. The fraction of sp³-hybridized carbons (Fsp3) is 0.0769. The Morgan fingerprint density at radius 1 is 1.24 bits per heavy atom. The van der Waals surface area contributed by atoms with Gasteiger partial charge in [0.05, 0.1) is 10.5 Å². The number of sulfonamides is 1. The molecule has 8 heteroatoms. The van der Waals surface area contributed by atoms with Crippen molar-refractivity contribution >= 4 is 33.4 Å². The van der Waals surface area contributed by atoms with Gasteiger partial charge in [0.15, 0.2) is 0 Å². The molecule has 2 N–H and O–H groups in total. The normalized spacial score (nSPS) is 11.1. The Labute approximate surface area is 126 Å². The molecule has 110 valence electrons. The predicted molar refractivity (Wildman–Crippen MR) is 78.2 cm³/mol. The molecule has 0 atom stereocenters. The highest BCUT2D eigenvalue weighted by Gasteiger charge is 2.21. The summed E-state index contributed by atoms with van der Waals surface area (Å²) in [4.78, 5) is 14.8. The van der Waals surface area contributed by atoms with Gasteiger partial charge in [-0.1, -0.05) is 23.7 Å². The smallest absolute Gasteiger partial charge is 0.335 e. The number of aromatic carboxylic acids is 1. The molecule has 0 bridgehead atoms. The molecule has 1 heterocycles. The molecule has 2 rings (SSSR count). The molecule has 6 nitrogen and oxygen atoms in total. The van der Waals surface area contributed by atoms with E-state index < -0.39 is 16.0 Å². The molecule has 0 unspecified atom stereocenters. The highest BCUT2D eigenvalue weighted by molar-refractivity contribution is 7.92. The molecule has 0 aliphatic carbocycles. The Morgan fingerprint density at radius 2 is 1.90 bits per heavy atom. The molecule has 0 aliphatic heterocycles. The van der Waals surface area contributed by atoms with Crippen molar-refractivity contribution in [2.24, 2.45) is 0 Å². The summed E-state index contributed by atoms with van der Waals surface area (Å²) < 4.78 is 26.9. The quantitative estimate of drug-likeness (QED) is 0.842. The lowest BCUT2D eigenvalue weighted by Crippen LogP contribution is -2.16. The summed E-state index contributed by atoms with van der Waals surface area (Å²) in [5.74, 6) is -1.13. The summed E-state index contributed by atoms with van der Waals surface area (Å²) in [5, 5.41) is 9.18. The minimum atomic E-state index is -3.95. The van der Waals surface area contributed by atoms with E-state index in [0.29, 0.717) is 0 Å². The zero-order valence-electron chi connectivity index (χ0n) is 10.9. The SMILES string of the molecule is Cc1c(C(=O)O)cccc1S(=O)(=O)Nc1cccc(Cl)n1. The Hall–Kier alpha value is -2.12. The standard InChI is InChI=1S/C13H11ClN2O4S/c1-8-9(13(17)18)4-2-5-10(8)21(19,20)16-12-7-3-6-11(14)15-12/h2-7H,1H3,(H,15,16)(H,17,18). The average molecular weight is 327 g/mol. The summed E-state index contributed by atoms with van der Waals surface area (Å²) in [6.45, 7) is 1.43. The van der Waals surface area contributed by atoms with Crippen molar-refractivity contribution in [1.82, 2.24) is 4.98 Å². The number of nitrogens with one attached hydrogen (secondary N) is 1. The third-order valence-corrected chi connectivity index (χ3v) is 4.47. The maximum atomic E-state index is 12.3. The molecule has 0 spiro atoms. The van der Waals surface area contributed by atoms with E-state index in [1.165, 1.54) is 37.3 Å². The van der Waals surface area contributed by atoms with Crippen LogP contribution in [0.15, 0.2) is 41.3 Å². The van der Waals surface area contributed by atoms with Gasteiger partial charge in [-0.25, -0.2) is 18.2 Å². The first-order valence-electron chi connectivity index (χ1n) is 5.79. The van der Waals surface area contributed by atoms with Crippen molar-refractivity contribution in [2.45, 2.75) is 11.8 Å². The first kappa shape index (κ1) is 15.3. The van der Waals surface area contributed by atoms with Crippen molar-refractivity contribution in [1.29, 1.82) is 0 Å². The van der Waals surface area contributed by atoms with Gasteiger partial charge in [-0.15, -0.1) is 0 Å². The molecular formula is C13H11ClN2O4S. The van der Waals surface area contributed by atoms with Gasteiger partial charge in [-0.3, -0.25) is 4.72 Å². The Kier molecular flexibility index (Phi) is 4.15. The molecule has 0 aliphatic rings. The van der Waals surface area contributed by atoms with Crippen LogP contribution in [-0.2, 0) is 10.0 Å². The largest absolute Gasteiger partial charge is 0.478 e. The summed E-state index contributed by atoms with van der Waals surface area (Å²) in [5.41, 5.74) is 0.0801. The van der Waals surface area contributed by atoms with Crippen LogP contribution in [0.1, 0.15) is 15.9 Å². The maximum Gasteiger partial charge on any atom is 0.335 e. The number of pyridine rings is 1. The summed E-state index contributed by atoms with van der Waals surface area (Å²) in [6.07, 6.45) is 0. The lowest BCUT2D eigenvalue weighted by atomic mass is 10.1. The van der Waals surface area contributed by atoms with Crippen LogP contribution in [0.25, 0.3) is 0 Å². The topological polar surface area (TPSA) is 96.4 Å². The zero-order chi connectivity index (χ0) is 15.6. The number of rotatable bonds is 4. The number of hydrogen-bond donors (Lipinski definition) is 2. The molecule has 0 radical (unpaired) electrons. The number of nitrogens with zero attached hydrogens (tertiary/aromatic N) is 1. The second-order valence-corrected chi connectivity index (χ2v) is 6.22. The number of halogens is 1. The van der Waals surface area contributed by atoms with Crippen LogP contribution in [0.5, 0.6) is 0 Å². The van der Waals surface area contributed by atoms with Crippen molar-refractivity contribution in [2.75, 3.05) is 4.72 Å². The van der Waals surface area contributed by atoms with E-state index in [0.717, 1.165) is 0 Å². The van der Waals surface area contributed by atoms with Gasteiger partial charge < -0.3 is 5.11 Å². The van der Waals surface area contributed by atoms with E-state index in [-0.39, 0.29) is 27.0 Å². The van der Waals surface area contributed by atoms with Crippen LogP contribution >= 0.6 is 11.6 Å². The molecule has 1 aromatic carbocycles. The van der Waals surface area contributed by atoms with Crippen molar-refractivity contribution < 1.29 is 18.3 Å². The van der Waals surface area contributed by atoms with Gasteiger partial charge >= 0.3 is 5.97 Å². The van der Waals surface area contributed by atoms with Crippen LogP contribution in [0.3, 0.4) is 0 Å². The van der Waals surface area contributed by atoms with Crippen LogP contribution < -0.4 is 4.72 Å². The van der Waals surface area contributed by atoms with E-state index in [1.54, 1.807) is 6.07 Å². The number of carboxylic acid groups (broad SMARTS) is 1. The van der Waals surface area contributed by atoms with E-state index in [4.69, 9.17) is 16.7 Å². The third kappa shape index (κ3) is 3.32. The minimum absolute atomic E-state index is 0.0580. The first-order chi connectivity index (χ1) is 9.81. The molecule has 0 fully saturated rings. The average Bonchev–Trinajstić information content (AvgIpc) is 2.37. The molecule has 0 saturated heterocycles. The summed E-state index contributed by atoms with van der Waals surface area (Å²) in [6, 6.07) is 8.54. The Morgan fingerprint density at radius 3 is 2.52 bits per heavy atom. The van der Waals surface area contributed by atoms with Gasteiger partial charge in [0.2, 0.25) is 0 Å². The molecule has 21 heavy (non-hydrogen) atoms. The Bertz CT molecular complexity index is 806. The number of carbonyl (C=O) groups is 1. The summed E-state index contributed by atoms with van der Waals surface area (Å²) >= 11 is 5.69. The van der Waals surface area contributed by atoms with Crippen molar-refractivity contribution in [3.05, 3.63) is 52.7 Å². The van der Waals surface area contributed by atoms with Gasteiger partial charge in [0.1, 0.15) is 11.0 Å². The lowest BCUT2D eigenvalue weighted by Gasteiger charge is -2.11. The number of benzene rings is 1. The molecular weight excluding hydrogens is 316 g/mol. The van der Waals surface area contributed by atoms with Crippen LogP contribution in [0, 0.1) is 6.92 Å². The second-order valence-electron chi connectivity index (χ2n) is 4.18. The fourth-order valence-corrected chi connectivity index (χ4v) is 3.23. The van der Waals surface area contributed by atoms with Crippen molar-refractivity contribution in [3.63, 3.8) is 0 Å². The van der Waals surface area contributed by atoms with E-state index in [1.807, 2.05) is 0 Å². The first-order valence-corrected chi connectivity index (χ1v) is 7.65. The van der Waals surface area contributed by atoms with Gasteiger partial charge in [0.25, 0.3) is 10.0 Å². The second kappa shape index (κ2) is 5.71. The Balaban J connectivity index is 2.45. The van der Waals surface area contributed by atoms with Gasteiger partial charge in [0, 0.05) is 0 Å². The van der Waals surface area contributed by atoms with Crippen molar-refractivity contribution in [3.8, 4) is 0 Å². The van der Waals surface area contributed by atoms with E-state index in [2.05, 4.69) is 9.71 Å². The number of carboxylic acids is 1. The molecule has 1 aromatic heterocycles. The highest BCUT2D eigenvalue weighted by Crippen LogP contribution is 2.22. The summed E-state index contributed by atoms with van der Waals surface area (Å²) in [7, 11) is -3.95. The van der Waals surface area contributed by atoms with Gasteiger partial charge in [-0.2, -0.15) is 0 Å². The van der Waals surface area contributed by atoms with Crippen LogP contribution in [0.2, 0.25) is 5.15 Å². The molecule has 0 saturated carbocycles. The predicted octanol–water partition coefficient (Wildman–Crippen LogP) is 2.54. The minimum Gasteiger partial charge on any atom is -0.478 e. The van der Waals surface area contributed by atoms with Crippen LogP contribution in [-0.4, -0.2) is 24.5 Å². The van der Waals surface area contributed by atoms with E-state index >= 15 is 0 Å². The van der Waals surface area contributed by atoms with E-state index in [9.17, 15) is 13.2 Å². The number of aromatic nitrogens is 1.